The number of nitrogens with two attached hydrogens (primary N) is 1. The van der Waals surface area contributed by atoms with E-state index in [4.69, 9.17) is 5.41 Å². The van der Waals surface area contributed by atoms with Crippen LogP contribution in [0.3, 0.4) is 0 Å². The van der Waals surface area contributed by atoms with Gasteiger partial charge < -0.3 is 0 Å². The van der Waals surface area contributed by atoms with Gasteiger partial charge >= 0.3 is 0 Å². The first kappa shape index (κ1) is 11.7. The van der Waals surface area contributed by atoms with Crippen LogP contribution in [0.4, 0.5) is 0 Å². The molecule has 0 spiro atoms. The third-order valence-electron chi connectivity index (χ3n) is 3.00. The van der Waals surface area contributed by atoms with E-state index in [1.54, 1.807) is 6.21 Å². The third-order valence-corrected chi connectivity index (χ3v) is 3.00. The molecule has 0 aliphatic carbocycles. The van der Waals surface area contributed by atoms with Crippen LogP contribution in [-0.4, -0.2) is 6.21 Å². The molecule has 15 heavy (non-hydrogen) atoms. The van der Waals surface area contributed by atoms with Crippen molar-refractivity contribution < 1.29 is 5.41 Å². The first-order valence-corrected chi connectivity index (χ1v) is 5.41. The van der Waals surface area contributed by atoms with Gasteiger partial charge in [0.15, 0.2) is 6.21 Å². The van der Waals surface area contributed by atoms with Gasteiger partial charge in [0.1, 0.15) is 0 Å². The van der Waals surface area contributed by atoms with Crippen LogP contribution >= 0.6 is 0 Å². The van der Waals surface area contributed by atoms with Crippen molar-refractivity contribution in [1.82, 2.24) is 0 Å². The summed E-state index contributed by atoms with van der Waals surface area (Å²) < 4.78 is 0. The van der Waals surface area contributed by atoms with Gasteiger partial charge in [0.05, 0.1) is 0 Å². The Morgan fingerprint density at radius 3 is 2.40 bits per heavy atom. The highest BCUT2D eigenvalue weighted by molar-refractivity contribution is 5.73. The zero-order valence-corrected chi connectivity index (χ0v) is 9.83. The first-order chi connectivity index (χ1) is 7.15. The molecule has 0 fully saturated rings. The maximum Gasteiger partial charge on any atom is 0.162 e. The number of rotatable bonds is 4. The summed E-state index contributed by atoms with van der Waals surface area (Å²) in [5.41, 5.74) is 3.95. The molecule has 0 saturated carbocycles. The van der Waals surface area contributed by atoms with Crippen molar-refractivity contribution >= 4 is 6.21 Å². The lowest BCUT2D eigenvalue weighted by Gasteiger charge is -2.13. The largest absolute Gasteiger partial charge is 0.260 e. The second-order valence-electron chi connectivity index (χ2n) is 4.12. The molecule has 2 N–H and O–H groups in total. The highest BCUT2D eigenvalue weighted by atomic mass is 14.3. The van der Waals surface area contributed by atoms with Crippen LogP contribution in [-0.2, 0) is 6.42 Å². The summed E-state index contributed by atoms with van der Waals surface area (Å²) in [5, 5.41) is 5.52. The summed E-state index contributed by atoms with van der Waals surface area (Å²) in [4.78, 5) is 0. The minimum atomic E-state index is 0.548. The van der Waals surface area contributed by atoms with Gasteiger partial charge in [-0.1, -0.05) is 42.8 Å². The summed E-state index contributed by atoms with van der Waals surface area (Å²) >= 11 is 0. The highest BCUT2D eigenvalue weighted by Gasteiger charge is 2.08. The molecule has 0 aromatic heterocycles. The van der Waals surface area contributed by atoms with E-state index < -0.39 is 0 Å². The minimum Gasteiger partial charge on any atom is -0.260 e. The molecule has 1 aromatic carbocycles. The Hall–Kier alpha value is -1.37. The van der Waals surface area contributed by atoms with Crippen molar-refractivity contribution in [2.24, 2.45) is 5.92 Å². The Morgan fingerprint density at radius 1 is 1.27 bits per heavy atom. The standard InChI is InChI=1S/C14H19N/c1-11(13(3)12(2)10-15)9-14-7-5-4-6-8-14/h4-8,10-11,15H,9H2,1-3H3/p+1/b13-12-,15-10?/t11-/m1/s1. The second kappa shape index (κ2) is 5.50. The van der Waals surface area contributed by atoms with Crippen molar-refractivity contribution in [3.05, 3.63) is 47.0 Å². The van der Waals surface area contributed by atoms with Crippen LogP contribution in [0.15, 0.2) is 41.5 Å². The molecule has 0 aliphatic heterocycles. The molecule has 0 saturated heterocycles. The van der Waals surface area contributed by atoms with Crippen LogP contribution in [0.2, 0.25) is 0 Å². The maximum atomic E-state index is 5.52. The van der Waals surface area contributed by atoms with Gasteiger partial charge in [0, 0.05) is 5.57 Å². The number of hydrogen-bond acceptors (Lipinski definition) is 0. The predicted octanol–water partition coefficient (Wildman–Crippen LogP) is 2.03. The molecular weight excluding hydrogens is 182 g/mol. The topological polar surface area (TPSA) is 25.6 Å². The van der Waals surface area contributed by atoms with E-state index in [2.05, 4.69) is 51.1 Å². The summed E-state index contributed by atoms with van der Waals surface area (Å²) in [6.07, 6.45) is 2.77. The molecule has 1 rings (SSSR count). The Balaban J connectivity index is 2.72. The van der Waals surface area contributed by atoms with Crippen LogP contribution < -0.4 is 5.41 Å². The summed E-state index contributed by atoms with van der Waals surface area (Å²) in [7, 11) is 0. The zero-order valence-electron chi connectivity index (χ0n) is 9.83. The predicted molar refractivity (Wildman–Crippen MR) is 65.7 cm³/mol. The smallest absolute Gasteiger partial charge is 0.162 e. The number of hydrogen-bond donors (Lipinski definition) is 1. The third kappa shape index (κ3) is 3.35. The van der Waals surface area contributed by atoms with Crippen molar-refractivity contribution in [1.29, 1.82) is 0 Å². The minimum absolute atomic E-state index is 0.548. The Kier molecular flexibility index (Phi) is 4.29. The van der Waals surface area contributed by atoms with Gasteiger partial charge in [-0.2, -0.15) is 0 Å². The van der Waals surface area contributed by atoms with Gasteiger partial charge in [-0.05, 0) is 31.7 Å². The molecule has 0 radical (unpaired) electrons. The van der Waals surface area contributed by atoms with E-state index in [1.807, 2.05) is 0 Å². The first-order valence-electron chi connectivity index (χ1n) is 5.41. The van der Waals surface area contributed by atoms with Crippen molar-refractivity contribution in [3.63, 3.8) is 0 Å². The molecule has 80 valence electrons. The van der Waals surface area contributed by atoms with Crippen LogP contribution in [0.25, 0.3) is 0 Å². The Morgan fingerprint density at radius 2 is 1.87 bits per heavy atom. The molecule has 0 amide bonds. The summed E-state index contributed by atoms with van der Waals surface area (Å²) in [5.74, 6) is 0.548. The van der Waals surface area contributed by atoms with E-state index in [0.29, 0.717) is 5.92 Å². The summed E-state index contributed by atoms with van der Waals surface area (Å²) in [6.45, 7) is 6.47. The van der Waals surface area contributed by atoms with E-state index >= 15 is 0 Å². The van der Waals surface area contributed by atoms with Crippen LogP contribution in [0.5, 0.6) is 0 Å². The quantitative estimate of drug-likeness (QED) is 0.723. The lowest BCUT2D eigenvalue weighted by atomic mass is 9.92. The molecule has 1 heteroatoms. The molecule has 0 aliphatic rings. The van der Waals surface area contributed by atoms with E-state index in [0.717, 1.165) is 6.42 Å². The second-order valence-corrected chi connectivity index (χ2v) is 4.12. The molecule has 1 nitrogen and oxygen atoms in total. The van der Waals surface area contributed by atoms with Crippen LogP contribution in [0, 0.1) is 5.92 Å². The Labute approximate surface area is 92.3 Å². The average molecular weight is 202 g/mol. The lowest BCUT2D eigenvalue weighted by molar-refractivity contribution is -0.104. The average Bonchev–Trinajstić information content (AvgIpc) is 2.28. The molecule has 0 bridgehead atoms. The molecular formula is C14H20N+. The molecule has 1 aromatic rings. The fraction of sp³-hybridized carbons (Fsp3) is 0.357. The van der Waals surface area contributed by atoms with E-state index in [-0.39, 0.29) is 0 Å². The summed E-state index contributed by atoms with van der Waals surface area (Å²) in [6, 6.07) is 10.6. The molecule has 0 heterocycles. The monoisotopic (exact) mass is 202 g/mol. The van der Waals surface area contributed by atoms with Gasteiger partial charge in [0.25, 0.3) is 0 Å². The van der Waals surface area contributed by atoms with E-state index in [9.17, 15) is 0 Å². The highest BCUT2D eigenvalue weighted by Crippen LogP contribution is 2.18. The fourth-order valence-corrected chi connectivity index (χ4v) is 1.64. The number of benzene rings is 1. The SMILES string of the molecule is C/C(C=[NH2+])=C(\C)[C@H](C)Cc1ccccc1. The van der Waals surface area contributed by atoms with Crippen LogP contribution in [0.1, 0.15) is 26.3 Å². The normalized spacial score (nSPS) is 14.3. The van der Waals surface area contributed by atoms with Gasteiger partial charge in [0.2, 0.25) is 0 Å². The van der Waals surface area contributed by atoms with E-state index in [1.165, 1.54) is 16.7 Å². The van der Waals surface area contributed by atoms with Crippen molar-refractivity contribution in [3.8, 4) is 0 Å². The van der Waals surface area contributed by atoms with Crippen molar-refractivity contribution in [2.75, 3.05) is 0 Å². The van der Waals surface area contributed by atoms with Crippen molar-refractivity contribution in [2.45, 2.75) is 27.2 Å². The fourth-order valence-electron chi connectivity index (χ4n) is 1.64. The molecule has 0 unspecified atom stereocenters. The van der Waals surface area contributed by atoms with Gasteiger partial charge in [-0.3, -0.25) is 5.41 Å². The number of allylic oxidation sites excluding steroid dienone is 2. The Bertz CT molecular complexity index is 349. The van der Waals surface area contributed by atoms with Gasteiger partial charge in [-0.25, -0.2) is 0 Å². The molecule has 1 atom stereocenters. The zero-order chi connectivity index (χ0) is 11.3. The van der Waals surface area contributed by atoms with Gasteiger partial charge in [-0.15, -0.1) is 0 Å². The maximum absolute atomic E-state index is 5.52. The lowest BCUT2D eigenvalue weighted by Crippen LogP contribution is -2.30.